The summed E-state index contributed by atoms with van der Waals surface area (Å²) in [5.41, 5.74) is 13.7. The van der Waals surface area contributed by atoms with Gasteiger partial charge >= 0.3 is 5.97 Å². The third kappa shape index (κ3) is 6.34. The molecule has 0 radical (unpaired) electrons. The highest BCUT2D eigenvalue weighted by Gasteiger charge is 2.23. The molecule has 0 fully saturated rings. The van der Waals surface area contributed by atoms with Crippen LogP contribution in [0, 0.1) is 34.6 Å². The summed E-state index contributed by atoms with van der Waals surface area (Å²) >= 11 is 0. The fourth-order valence-corrected chi connectivity index (χ4v) is 5.28. The van der Waals surface area contributed by atoms with Crippen LogP contribution in [0.4, 0.5) is 0 Å². The molecule has 0 unspecified atom stereocenters. The molecule has 10 nitrogen and oxygen atoms in total. The van der Waals surface area contributed by atoms with Crippen LogP contribution in [0.5, 0.6) is 0 Å². The number of carboxylic acid groups (broad SMARTS) is 1. The van der Waals surface area contributed by atoms with Crippen molar-refractivity contribution in [1.29, 1.82) is 0 Å². The Balaban J connectivity index is 2.14. The molecule has 2 rings (SSSR count). The molecule has 0 saturated heterocycles. The lowest BCUT2D eigenvalue weighted by Gasteiger charge is -2.19. The zero-order valence-electron chi connectivity index (χ0n) is 19.8. The molecule has 0 aliphatic rings. The summed E-state index contributed by atoms with van der Waals surface area (Å²) in [7, 11) is -3.77. The lowest BCUT2D eigenvalue weighted by atomic mass is 9.95. The average molecular weight is 488 g/mol. The molecule has 0 heterocycles. The van der Waals surface area contributed by atoms with E-state index >= 15 is 0 Å². The summed E-state index contributed by atoms with van der Waals surface area (Å²) in [6.07, 6.45) is -0.387. The molecule has 0 aliphatic heterocycles. The summed E-state index contributed by atoms with van der Waals surface area (Å²) in [6.45, 7) is 9.25. The number of hydrogen-bond acceptors (Lipinski definition) is 5. The van der Waals surface area contributed by atoms with E-state index in [-0.39, 0.29) is 30.0 Å². The number of rotatable bonds is 10. The molecule has 2 aromatic rings. The van der Waals surface area contributed by atoms with Crippen LogP contribution in [-0.2, 0) is 21.4 Å². The Kier molecular flexibility index (Phi) is 8.80. The van der Waals surface area contributed by atoms with Crippen molar-refractivity contribution < 1.29 is 23.1 Å². The number of carbonyl (C=O) groups is 2. The second kappa shape index (κ2) is 11.1. The van der Waals surface area contributed by atoms with Crippen molar-refractivity contribution >= 4 is 21.9 Å². The molecule has 1 atom stereocenters. The van der Waals surface area contributed by atoms with Crippen molar-refractivity contribution in [3.63, 3.8) is 0 Å². The largest absolute Gasteiger partial charge is 0.481 e. The predicted octanol–water partition coefficient (Wildman–Crippen LogP) is 3.59. The van der Waals surface area contributed by atoms with Gasteiger partial charge < -0.3 is 10.4 Å². The maximum Gasteiger partial charge on any atom is 0.305 e. The van der Waals surface area contributed by atoms with E-state index in [1.807, 2.05) is 20.8 Å². The molecule has 11 heteroatoms. The smallest absolute Gasteiger partial charge is 0.305 e. The molecule has 182 valence electrons. The van der Waals surface area contributed by atoms with Crippen molar-refractivity contribution in [2.45, 2.75) is 58.5 Å². The minimum Gasteiger partial charge on any atom is -0.481 e. The number of nitrogens with zero attached hydrogens (tertiary/aromatic N) is 3. The van der Waals surface area contributed by atoms with Gasteiger partial charge in [-0.1, -0.05) is 17.2 Å². The van der Waals surface area contributed by atoms with Gasteiger partial charge in [0, 0.05) is 29.6 Å². The second-order valence-corrected chi connectivity index (χ2v) is 9.86. The summed E-state index contributed by atoms with van der Waals surface area (Å²) in [4.78, 5) is 26.2. The minimum absolute atomic E-state index is 0.0353. The van der Waals surface area contributed by atoms with Crippen LogP contribution in [-0.4, -0.2) is 38.0 Å². The zero-order valence-corrected chi connectivity index (χ0v) is 20.7. The van der Waals surface area contributed by atoms with E-state index in [2.05, 4.69) is 20.1 Å². The van der Waals surface area contributed by atoms with Gasteiger partial charge in [0.15, 0.2) is 0 Å². The van der Waals surface area contributed by atoms with E-state index in [9.17, 15) is 18.0 Å². The van der Waals surface area contributed by atoms with Crippen LogP contribution in [0.25, 0.3) is 10.4 Å². The van der Waals surface area contributed by atoms with E-state index < -0.39 is 27.9 Å². The molecule has 34 heavy (non-hydrogen) atoms. The van der Waals surface area contributed by atoms with Crippen LogP contribution in [0.1, 0.15) is 50.2 Å². The monoisotopic (exact) mass is 487 g/mol. The number of sulfonamides is 1. The zero-order chi connectivity index (χ0) is 25.6. The van der Waals surface area contributed by atoms with Crippen LogP contribution < -0.4 is 10.0 Å². The van der Waals surface area contributed by atoms with Gasteiger partial charge in [-0.3, -0.25) is 9.59 Å². The number of hydrogen-bond donors (Lipinski definition) is 3. The van der Waals surface area contributed by atoms with Crippen molar-refractivity contribution in [3.8, 4) is 0 Å². The van der Waals surface area contributed by atoms with Crippen LogP contribution in [0.15, 0.2) is 34.3 Å². The van der Waals surface area contributed by atoms with Gasteiger partial charge in [0.1, 0.15) is 0 Å². The Morgan fingerprint density at radius 2 is 1.53 bits per heavy atom. The first-order valence-electron chi connectivity index (χ1n) is 10.6. The van der Waals surface area contributed by atoms with Crippen LogP contribution in [0.3, 0.4) is 0 Å². The molecule has 3 N–H and O–H groups in total. The second-order valence-electron chi connectivity index (χ2n) is 8.16. The van der Waals surface area contributed by atoms with E-state index in [0.29, 0.717) is 5.56 Å². The standard InChI is InChI=1S/C23H29N5O5S/c1-13-14(2)16(4)22(17(5)15(13)3)34(32,33)26-11-18-6-8-19(9-7-18)23(31)27-20(10-21(29)30)12-25-28-24/h6-9,20,26H,10-12H2,1-5H3,(H,27,31)(H,29,30)/t20-/m0/s1. The molecular weight excluding hydrogens is 458 g/mol. The van der Waals surface area contributed by atoms with E-state index in [0.717, 1.165) is 27.8 Å². The number of amides is 1. The summed E-state index contributed by atoms with van der Waals surface area (Å²) in [5.74, 6) is -1.66. The number of carbonyl (C=O) groups excluding carboxylic acids is 1. The predicted molar refractivity (Wildman–Crippen MR) is 128 cm³/mol. The molecular formula is C23H29N5O5S. The molecule has 2 aromatic carbocycles. The molecule has 0 bridgehead atoms. The average Bonchev–Trinajstić information content (AvgIpc) is 2.78. The van der Waals surface area contributed by atoms with Gasteiger partial charge in [-0.2, -0.15) is 0 Å². The first-order chi connectivity index (χ1) is 15.9. The Bertz CT molecular complexity index is 1220. The van der Waals surface area contributed by atoms with Crippen molar-refractivity contribution in [1.82, 2.24) is 10.0 Å². The van der Waals surface area contributed by atoms with Gasteiger partial charge in [0.2, 0.25) is 10.0 Å². The highest BCUT2D eigenvalue weighted by atomic mass is 32.2. The highest BCUT2D eigenvalue weighted by molar-refractivity contribution is 7.89. The van der Waals surface area contributed by atoms with Crippen molar-refractivity contribution in [2.24, 2.45) is 5.11 Å². The fraction of sp³-hybridized carbons (Fsp3) is 0.391. The highest BCUT2D eigenvalue weighted by Crippen LogP contribution is 2.29. The molecule has 0 aliphatic carbocycles. The topological polar surface area (TPSA) is 161 Å². The lowest BCUT2D eigenvalue weighted by molar-refractivity contribution is -0.137. The van der Waals surface area contributed by atoms with Crippen molar-refractivity contribution in [2.75, 3.05) is 6.54 Å². The summed E-state index contributed by atoms with van der Waals surface area (Å²) in [5, 5.41) is 14.8. The van der Waals surface area contributed by atoms with Gasteiger partial charge in [-0.05, 0) is 85.7 Å². The first kappa shape index (κ1) is 26.8. The molecule has 0 spiro atoms. The molecule has 0 aromatic heterocycles. The van der Waals surface area contributed by atoms with E-state index in [1.54, 1.807) is 26.0 Å². The minimum atomic E-state index is -3.77. The summed E-state index contributed by atoms with van der Waals surface area (Å²) < 4.78 is 28.8. The van der Waals surface area contributed by atoms with Gasteiger partial charge in [0.05, 0.1) is 11.3 Å². The molecule has 0 saturated carbocycles. The quantitative estimate of drug-likeness (QED) is 0.265. The number of carboxylic acids is 1. The Morgan fingerprint density at radius 1 is 1.00 bits per heavy atom. The van der Waals surface area contributed by atoms with Crippen LogP contribution >= 0.6 is 0 Å². The Labute approximate surface area is 199 Å². The number of nitrogens with one attached hydrogen (secondary N) is 2. The van der Waals surface area contributed by atoms with Gasteiger partial charge in [-0.25, -0.2) is 13.1 Å². The summed E-state index contributed by atoms with van der Waals surface area (Å²) in [6, 6.07) is 5.41. The van der Waals surface area contributed by atoms with Crippen molar-refractivity contribution in [3.05, 3.63) is 73.7 Å². The third-order valence-corrected chi connectivity index (χ3v) is 7.68. The van der Waals surface area contributed by atoms with Crippen LogP contribution in [0.2, 0.25) is 0 Å². The first-order valence-corrected chi connectivity index (χ1v) is 12.1. The third-order valence-electron chi connectivity index (χ3n) is 6.00. The fourth-order valence-electron chi connectivity index (χ4n) is 3.67. The Hall–Kier alpha value is -3.40. The SMILES string of the molecule is Cc1c(C)c(C)c(S(=O)(=O)NCc2ccc(C(=O)N[C@H](CN=[N+]=[N-])CC(=O)O)cc2)c(C)c1C. The van der Waals surface area contributed by atoms with E-state index in [1.165, 1.54) is 12.1 Å². The Morgan fingerprint density at radius 3 is 2.03 bits per heavy atom. The molecule has 1 amide bonds. The number of aliphatic carboxylic acids is 1. The normalized spacial score (nSPS) is 12.0. The number of benzene rings is 2. The number of azide groups is 1. The van der Waals surface area contributed by atoms with Gasteiger partial charge in [-0.15, -0.1) is 0 Å². The lowest BCUT2D eigenvalue weighted by Crippen LogP contribution is -2.38. The maximum absolute atomic E-state index is 13.1. The van der Waals surface area contributed by atoms with E-state index in [4.69, 9.17) is 10.6 Å². The van der Waals surface area contributed by atoms with Gasteiger partial charge in [0.25, 0.3) is 5.91 Å². The maximum atomic E-state index is 13.1.